The fourth-order valence-electron chi connectivity index (χ4n) is 4.18. The Hall–Kier alpha value is -3.52. The van der Waals surface area contributed by atoms with E-state index >= 15 is 0 Å². The summed E-state index contributed by atoms with van der Waals surface area (Å²) >= 11 is 1.74. The summed E-state index contributed by atoms with van der Waals surface area (Å²) in [5.41, 5.74) is 2.94. The Balaban J connectivity index is 1.64. The maximum absolute atomic E-state index is 11.3. The van der Waals surface area contributed by atoms with Crippen molar-refractivity contribution in [1.29, 1.82) is 0 Å². The summed E-state index contributed by atoms with van der Waals surface area (Å²) in [7, 11) is 1.55. The first kappa shape index (κ1) is 20.4. The first-order valence-corrected chi connectivity index (χ1v) is 11.4. The third kappa shape index (κ3) is 3.89. The molecule has 8 heteroatoms. The third-order valence-corrected chi connectivity index (χ3v) is 6.90. The minimum Gasteiger partial charge on any atom is -0.495 e. The van der Waals surface area contributed by atoms with Gasteiger partial charge in [0.1, 0.15) is 22.2 Å². The Morgan fingerprint density at radius 2 is 1.94 bits per heavy atom. The Kier molecular flexibility index (Phi) is 5.45. The second-order valence-corrected chi connectivity index (χ2v) is 8.89. The molecule has 0 fully saturated rings. The molecule has 0 unspecified atom stereocenters. The van der Waals surface area contributed by atoms with Crippen molar-refractivity contribution >= 4 is 38.7 Å². The van der Waals surface area contributed by atoms with Crippen LogP contribution < -0.4 is 10.1 Å². The molecular weight excluding hydrogens is 424 g/mol. The number of hydrogen-bond acceptors (Lipinski definition) is 7. The van der Waals surface area contributed by atoms with Crippen LogP contribution in [-0.2, 0) is 19.3 Å². The zero-order chi connectivity index (χ0) is 22.1. The molecule has 0 atom stereocenters. The molecule has 7 nitrogen and oxygen atoms in total. The number of ether oxygens (including phenoxy) is 1. The number of rotatable bonds is 6. The lowest BCUT2D eigenvalue weighted by Crippen LogP contribution is -2.05. The predicted molar refractivity (Wildman–Crippen MR) is 126 cm³/mol. The highest BCUT2D eigenvalue weighted by molar-refractivity contribution is 7.19. The first-order valence-electron chi connectivity index (χ1n) is 10.6. The summed E-state index contributed by atoms with van der Waals surface area (Å²) in [6, 6.07) is 14.6. The van der Waals surface area contributed by atoms with Crippen LogP contribution in [0, 0.1) is 10.1 Å². The lowest BCUT2D eigenvalue weighted by atomic mass is 9.97. The molecule has 2 heterocycles. The second kappa shape index (κ2) is 8.55. The van der Waals surface area contributed by atoms with Crippen molar-refractivity contribution in [2.75, 3.05) is 12.4 Å². The third-order valence-electron chi connectivity index (χ3n) is 5.71. The van der Waals surface area contributed by atoms with Crippen molar-refractivity contribution in [2.45, 2.75) is 32.1 Å². The van der Waals surface area contributed by atoms with Gasteiger partial charge in [-0.15, -0.1) is 11.3 Å². The Morgan fingerprint density at radius 3 is 2.72 bits per heavy atom. The Bertz CT molecular complexity index is 1300. The van der Waals surface area contributed by atoms with Crippen molar-refractivity contribution in [1.82, 2.24) is 9.97 Å². The van der Waals surface area contributed by atoms with E-state index in [1.54, 1.807) is 24.5 Å². The number of fused-ring (bicyclic) bond motifs is 3. The minimum absolute atomic E-state index is 0.00421. The molecule has 162 valence electrons. The molecule has 32 heavy (non-hydrogen) atoms. The molecule has 1 aliphatic rings. The highest BCUT2D eigenvalue weighted by Gasteiger charge is 2.22. The van der Waals surface area contributed by atoms with Gasteiger partial charge in [0.15, 0.2) is 0 Å². The molecule has 0 saturated carbocycles. The maximum Gasteiger partial charge on any atom is 0.271 e. The van der Waals surface area contributed by atoms with E-state index in [9.17, 15) is 10.1 Å². The van der Waals surface area contributed by atoms with Crippen molar-refractivity contribution in [3.05, 3.63) is 80.5 Å². The van der Waals surface area contributed by atoms with Crippen LogP contribution >= 0.6 is 11.3 Å². The number of methoxy groups -OCH3 is 1. The summed E-state index contributed by atoms with van der Waals surface area (Å²) in [6.07, 6.45) is 5.00. The normalized spacial score (nSPS) is 13.0. The fourth-order valence-corrected chi connectivity index (χ4v) is 5.46. The van der Waals surface area contributed by atoms with Gasteiger partial charge < -0.3 is 10.1 Å². The number of benzene rings is 2. The van der Waals surface area contributed by atoms with Gasteiger partial charge in [-0.25, -0.2) is 9.97 Å². The number of aryl methyl sites for hydroxylation is 2. The van der Waals surface area contributed by atoms with E-state index in [-0.39, 0.29) is 5.69 Å². The number of hydrogen-bond donors (Lipinski definition) is 1. The number of nitrogens with zero attached hydrogens (tertiary/aromatic N) is 3. The highest BCUT2D eigenvalue weighted by atomic mass is 32.1. The molecule has 4 aromatic rings. The summed E-state index contributed by atoms with van der Waals surface area (Å²) in [6.45, 7) is 0. The van der Waals surface area contributed by atoms with E-state index in [1.165, 1.54) is 29.0 Å². The zero-order valence-electron chi connectivity index (χ0n) is 17.6. The van der Waals surface area contributed by atoms with Gasteiger partial charge in [-0.3, -0.25) is 10.1 Å². The van der Waals surface area contributed by atoms with Crippen LogP contribution in [0.5, 0.6) is 5.75 Å². The maximum atomic E-state index is 11.3. The van der Waals surface area contributed by atoms with E-state index in [1.807, 2.05) is 18.2 Å². The monoisotopic (exact) mass is 446 g/mol. The summed E-state index contributed by atoms with van der Waals surface area (Å²) in [4.78, 5) is 23.0. The van der Waals surface area contributed by atoms with E-state index in [0.29, 0.717) is 29.5 Å². The number of nitro benzene ring substituents is 1. The summed E-state index contributed by atoms with van der Waals surface area (Å²) in [5, 5.41) is 15.7. The van der Waals surface area contributed by atoms with Crippen molar-refractivity contribution in [3.63, 3.8) is 0 Å². The second-order valence-electron chi connectivity index (χ2n) is 7.81. The topological polar surface area (TPSA) is 90.2 Å². The van der Waals surface area contributed by atoms with Gasteiger partial charge in [0.2, 0.25) is 0 Å². The van der Waals surface area contributed by atoms with Crippen LogP contribution in [0.15, 0.2) is 48.5 Å². The molecule has 0 saturated heterocycles. The zero-order valence-corrected chi connectivity index (χ0v) is 18.4. The molecule has 0 amide bonds. The van der Waals surface area contributed by atoms with Crippen LogP contribution in [0.1, 0.15) is 34.7 Å². The van der Waals surface area contributed by atoms with Crippen LogP contribution in [0.4, 0.5) is 17.2 Å². The number of non-ortho nitro benzene ring substituents is 1. The molecule has 0 aliphatic heterocycles. The van der Waals surface area contributed by atoms with Gasteiger partial charge in [0.25, 0.3) is 5.69 Å². The molecular formula is C24H22N4O3S. The minimum atomic E-state index is -0.409. The average molecular weight is 447 g/mol. The smallest absolute Gasteiger partial charge is 0.271 e. The van der Waals surface area contributed by atoms with Crippen molar-refractivity contribution in [3.8, 4) is 5.75 Å². The standard InChI is InChI=1S/C24H22N4O3S/c1-31-19-12-11-16(28(29)30)14-18(19)25-23-22-17-9-5-6-10-20(17)32-24(22)27-21(26-23)13-15-7-3-2-4-8-15/h2-4,7-8,11-12,14H,5-6,9-10,13H2,1H3,(H,25,26,27). The van der Waals surface area contributed by atoms with Gasteiger partial charge in [0.05, 0.1) is 23.1 Å². The van der Waals surface area contributed by atoms with Crippen molar-refractivity contribution < 1.29 is 9.66 Å². The van der Waals surface area contributed by atoms with Gasteiger partial charge in [-0.1, -0.05) is 30.3 Å². The molecule has 1 N–H and O–H groups in total. The molecule has 5 rings (SSSR count). The molecule has 0 bridgehead atoms. The van der Waals surface area contributed by atoms with E-state index in [0.717, 1.165) is 35.0 Å². The van der Waals surface area contributed by atoms with E-state index in [2.05, 4.69) is 17.4 Å². The van der Waals surface area contributed by atoms with Crippen LogP contribution in [0.25, 0.3) is 10.2 Å². The number of nitrogens with one attached hydrogen (secondary N) is 1. The SMILES string of the molecule is COc1ccc([N+](=O)[O-])cc1Nc1nc(Cc2ccccc2)nc2sc3c(c12)CCCC3. The molecule has 0 radical (unpaired) electrons. The van der Waals surface area contributed by atoms with E-state index in [4.69, 9.17) is 14.7 Å². The van der Waals surface area contributed by atoms with Gasteiger partial charge in [-0.2, -0.15) is 0 Å². The van der Waals surface area contributed by atoms with Crippen LogP contribution in [0.2, 0.25) is 0 Å². The van der Waals surface area contributed by atoms with E-state index < -0.39 is 4.92 Å². The number of thiophene rings is 1. The molecule has 0 spiro atoms. The summed E-state index contributed by atoms with van der Waals surface area (Å²) < 4.78 is 5.46. The molecule has 1 aliphatic carbocycles. The molecule has 2 aromatic carbocycles. The van der Waals surface area contributed by atoms with Crippen LogP contribution in [-0.4, -0.2) is 22.0 Å². The summed E-state index contributed by atoms with van der Waals surface area (Å²) in [5.74, 6) is 1.92. The van der Waals surface area contributed by atoms with Gasteiger partial charge in [0, 0.05) is 23.4 Å². The average Bonchev–Trinajstić information content (AvgIpc) is 3.18. The Labute approximate surface area is 189 Å². The largest absolute Gasteiger partial charge is 0.495 e. The van der Waals surface area contributed by atoms with Gasteiger partial charge in [-0.05, 0) is 42.9 Å². The number of aromatic nitrogens is 2. The van der Waals surface area contributed by atoms with Crippen molar-refractivity contribution in [2.24, 2.45) is 0 Å². The van der Waals surface area contributed by atoms with Crippen LogP contribution in [0.3, 0.4) is 0 Å². The lowest BCUT2D eigenvalue weighted by molar-refractivity contribution is -0.384. The first-order chi connectivity index (χ1) is 15.6. The predicted octanol–water partition coefficient (Wildman–Crippen LogP) is 5.82. The lowest BCUT2D eigenvalue weighted by Gasteiger charge is -2.15. The molecule has 2 aromatic heterocycles. The number of nitro groups is 1. The van der Waals surface area contributed by atoms with Gasteiger partial charge >= 0.3 is 0 Å². The quantitative estimate of drug-likeness (QED) is 0.296. The fraction of sp³-hybridized carbons (Fsp3) is 0.250. The highest BCUT2D eigenvalue weighted by Crippen LogP contribution is 2.41. The number of anilines is 2. The Morgan fingerprint density at radius 1 is 1.12 bits per heavy atom.